The van der Waals surface area contributed by atoms with E-state index in [0.29, 0.717) is 11.5 Å². The maximum absolute atomic E-state index is 12.5. The van der Waals surface area contributed by atoms with Gasteiger partial charge in [0.25, 0.3) is 0 Å². The van der Waals surface area contributed by atoms with Crippen LogP contribution in [0.3, 0.4) is 0 Å². The molecule has 0 fully saturated rings. The van der Waals surface area contributed by atoms with Gasteiger partial charge in [0.15, 0.2) is 16.5 Å². The number of aromatic nitrogens is 1. The lowest BCUT2D eigenvalue weighted by atomic mass is 10.3. The molecule has 5 nitrogen and oxygen atoms in total. The molecule has 0 amide bonds. The van der Waals surface area contributed by atoms with E-state index in [0.717, 1.165) is 9.99 Å². The Morgan fingerprint density at radius 3 is 2.65 bits per heavy atom. The summed E-state index contributed by atoms with van der Waals surface area (Å²) in [6.07, 6.45) is 1.58. The average molecular weight is 403 g/mol. The number of hydrogen-bond acceptors (Lipinski definition) is 5. The first-order valence-electron chi connectivity index (χ1n) is 5.77. The molecule has 0 radical (unpaired) electrons. The number of sulfone groups is 1. The third-order valence-electron chi connectivity index (χ3n) is 2.88. The zero-order valence-corrected chi connectivity index (χ0v) is 13.2. The Bertz CT molecular complexity index is 743. The SMILES string of the molecule is O=S(=O)(c1ccc2c(c1)OCO2)c1ccc(CI)cn1. The summed E-state index contributed by atoms with van der Waals surface area (Å²) in [7, 11) is -3.63. The summed E-state index contributed by atoms with van der Waals surface area (Å²) < 4.78 is 36.1. The van der Waals surface area contributed by atoms with Crippen LogP contribution in [0.1, 0.15) is 5.56 Å². The van der Waals surface area contributed by atoms with E-state index in [1.165, 1.54) is 18.2 Å². The highest BCUT2D eigenvalue weighted by Crippen LogP contribution is 2.35. The maximum atomic E-state index is 12.5. The number of nitrogens with zero attached hydrogens (tertiary/aromatic N) is 1. The van der Waals surface area contributed by atoms with Crippen molar-refractivity contribution in [3.05, 3.63) is 42.1 Å². The molecule has 2 heterocycles. The van der Waals surface area contributed by atoms with Gasteiger partial charge in [0.2, 0.25) is 16.6 Å². The van der Waals surface area contributed by atoms with Crippen LogP contribution >= 0.6 is 22.6 Å². The first-order valence-corrected chi connectivity index (χ1v) is 8.78. The Morgan fingerprint density at radius 1 is 1.15 bits per heavy atom. The van der Waals surface area contributed by atoms with Gasteiger partial charge in [-0.2, -0.15) is 0 Å². The van der Waals surface area contributed by atoms with E-state index in [-0.39, 0.29) is 16.7 Å². The molecule has 0 bridgehead atoms. The normalized spacial score (nSPS) is 13.4. The lowest BCUT2D eigenvalue weighted by molar-refractivity contribution is 0.174. The molecule has 0 N–H and O–H groups in total. The minimum absolute atomic E-state index is 0.0324. The van der Waals surface area contributed by atoms with Gasteiger partial charge in [-0.1, -0.05) is 28.7 Å². The molecule has 20 heavy (non-hydrogen) atoms. The van der Waals surface area contributed by atoms with Crippen LogP contribution in [0.4, 0.5) is 0 Å². The van der Waals surface area contributed by atoms with Gasteiger partial charge in [-0.25, -0.2) is 13.4 Å². The van der Waals surface area contributed by atoms with Crippen LogP contribution in [0.2, 0.25) is 0 Å². The van der Waals surface area contributed by atoms with Crippen LogP contribution in [0, 0.1) is 0 Å². The van der Waals surface area contributed by atoms with Crippen LogP contribution in [-0.2, 0) is 14.3 Å². The summed E-state index contributed by atoms with van der Waals surface area (Å²) in [5.74, 6) is 0.993. The fourth-order valence-electron chi connectivity index (χ4n) is 1.81. The van der Waals surface area contributed by atoms with Crippen molar-refractivity contribution in [2.45, 2.75) is 14.3 Å². The largest absolute Gasteiger partial charge is 0.454 e. The highest BCUT2D eigenvalue weighted by molar-refractivity contribution is 14.1. The molecule has 0 aliphatic carbocycles. The fraction of sp³-hybridized carbons (Fsp3) is 0.154. The quantitative estimate of drug-likeness (QED) is 0.583. The molecule has 0 saturated heterocycles. The number of halogens is 1. The summed E-state index contributed by atoms with van der Waals surface area (Å²) >= 11 is 2.20. The minimum Gasteiger partial charge on any atom is -0.454 e. The van der Waals surface area contributed by atoms with E-state index in [1.807, 2.05) is 0 Å². The zero-order valence-electron chi connectivity index (χ0n) is 10.2. The molecule has 1 aliphatic heterocycles. The van der Waals surface area contributed by atoms with E-state index >= 15 is 0 Å². The van der Waals surface area contributed by atoms with Crippen molar-refractivity contribution in [2.75, 3.05) is 6.79 Å². The molecule has 7 heteroatoms. The number of rotatable bonds is 3. The first kappa shape index (κ1) is 13.6. The topological polar surface area (TPSA) is 65.5 Å². The van der Waals surface area contributed by atoms with E-state index in [2.05, 4.69) is 27.6 Å². The standard InChI is InChI=1S/C13H10INO4S/c14-6-9-1-4-13(15-7-9)20(16,17)10-2-3-11-12(5-10)19-8-18-11/h1-5,7H,6,8H2. The van der Waals surface area contributed by atoms with Gasteiger partial charge in [-0.05, 0) is 23.8 Å². The summed E-state index contributed by atoms with van der Waals surface area (Å²) in [5.41, 5.74) is 0.982. The van der Waals surface area contributed by atoms with Gasteiger partial charge in [0, 0.05) is 16.7 Å². The number of fused-ring (bicyclic) bond motifs is 1. The molecule has 1 aromatic carbocycles. The molecular formula is C13H10INO4S. The molecule has 104 valence electrons. The van der Waals surface area contributed by atoms with Crippen molar-refractivity contribution < 1.29 is 17.9 Å². The molecule has 2 aromatic rings. The molecule has 3 rings (SSSR count). The summed E-state index contributed by atoms with van der Waals surface area (Å²) in [4.78, 5) is 4.18. The van der Waals surface area contributed by atoms with Crippen molar-refractivity contribution in [3.63, 3.8) is 0 Å². The van der Waals surface area contributed by atoms with Gasteiger partial charge in [0.05, 0.1) is 4.90 Å². The Kier molecular flexibility index (Phi) is 3.55. The molecule has 0 saturated carbocycles. The van der Waals surface area contributed by atoms with Crippen molar-refractivity contribution in [1.82, 2.24) is 4.98 Å². The monoisotopic (exact) mass is 403 g/mol. The van der Waals surface area contributed by atoms with Crippen LogP contribution < -0.4 is 9.47 Å². The van der Waals surface area contributed by atoms with E-state index in [4.69, 9.17) is 9.47 Å². The summed E-state index contributed by atoms with van der Waals surface area (Å²) in [5, 5.41) is 0.0324. The Balaban J connectivity index is 2.02. The number of pyridine rings is 1. The average Bonchev–Trinajstić information content (AvgIpc) is 2.94. The van der Waals surface area contributed by atoms with Crippen LogP contribution in [0.5, 0.6) is 11.5 Å². The van der Waals surface area contributed by atoms with Crippen LogP contribution in [0.25, 0.3) is 0 Å². The van der Waals surface area contributed by atoms with E-state index in [9.17, 15) is 8.42 Å². The molecule has 0 unspecified atom stereocenters. The second-order valence-electron chi connectivity index (χ2n) is 4.16. The second kappa shape index (κ2) is 5.21. The van der Waals surface area contributed by atoms with E-state index < -0.39 is 9.84 Å². The molecular weight excluding hydrogens is 393 g/mol. The fourth-order valence-corrected chi connectivity index (χ4v) is 3.45. The molecule has 0 spiro atoms. The number of alkyl halides is 1. The smallest absolute Gasteiger partial charge is 0.231 e. The van der Waals surface area contributed by atoms with Crippen molar-refractivity contribution in [1.29, 1.82) is 0 Å². The summed E-state index contributed by atoms with van der Waals surface area (Å²) in [6.45, 7) is 0.113. The van der Waals surface area contributed by atoms with Crippen molar-refractivity contribution in [3.8, 4) is 11.5 Å². The number of benzene rings is 1. The predicted molar refractivity (Wildman–Crippen MR) is 80.0 cm³/mol. The predicted octanol–water partition coefficient (Wildman–Crippen LogP) is 2.58. The highest BCUT2D eigenvalue weighted by atomic mass is 127. The molecule has 1 aliphatic rings. The van der Waals surface area contributed by atoms with Gasteiger partial charge >= 0.3 is 0 Å². The second-order valence-corrected chi connectivity index (χ2v) is 6.82. The van der Waals surface area contributed by atoms with Gasteiger partial charge in [0.1, 0.15) is 0 Å². The van der Waals surface area contributed by atoms with Gasteiger partial charge in [-0.15, -0.1) is 0 Å². The number of hydrogen-bond donors (Lipinski definition) is 0. The zero-order chi connectivity index (χ0) is 14.2. The Morgan fingerprint density at radius 2 is 1.95 bits per heavy atom. The Hall–Kier alpha value is -1.35. The van der Waals surface area contributed by atoms with Gasteiger partial charge in [-0.3, -0.25) is 0 Å². The third kappa shape index (κ3) is 2.35. The lowest BCUT2D eigenvalue weighted by Crippen LogP contribution is -2.04. The van der Waals surface area contributed by atoms with Gasteiger partial charge < -0.3 is 9.47 Å². The molecule has 0 atom stereocenters. The third-order valence-corrected chi connectivity index (χ3v) is 5.43. The Labute approximate surface area is 130 Å². The summed E-state index contributed by atoms with van der Waals surface area (Å²) in [6, 6.07) is 7.84. The van der Waals surface area contributed by atoms with E-state index in [1.54, 1.807) is 18.3 Å². The number of ether oxygens (including phenoxy) is 2. The maximum Gasteiger partial charge on any atom is 0.231 e. The lowest BCUT2D eigenvalue weighted by Gasteiger charge is -2.05. The van der Waals surface area contributed by atoms with Crippen LogP contribution in [-0.4, -0.2) is 20.2 Å². The van der Waals surface area contributed by atoms with Crippen molar-refractivity contribution >= 4 is 32.4 Å². The first-order chi connectivity index (χ1) is 9.61. The van der Waals surface area contributed by atoms with Crippen LogP contribution in [0.15, 0.2) is 46.5 Å². The highest BCUT2D eigenvalue weighted by Gasteiger charge is 2.23. The molecule has 1 aromatic heterocycles. The van der Waals surface area contributed by atoms with Crippen molar-refractivity contribution in [2.24, 2.45) is 0 Å². The minimum atomic E-state index is -3.63.